The van der Waals surface area contributed by atoms with E-state index in [0.29, 0.717) is 28.9 Å². The third kappa shape index (κ3) is 6.11. The van der Waals surface area contributed by atoms with Crippen LogP contribution in [0.1, 0.15) is 24.9 Å². The minimum atomic E-state index is -0.537. The second-order valence-electron chi connectivity index (χ2n) is 5.91. The van der Waals surface area contributed by atoms with Gasteiger partial charge in [0.25, 0.3) is 5.91 Å². The van der Waals surface area contributed by atoms with Gasteiger partial charge in [-0.15, -0.1) is 11.3 Å². The first-order valence-electron chi connectivity index (χ1n) is 8.93. The summed E-state index contributed by atoms with van der Waals surface area (Å²) in [6.45, 7) is 1.59. The summed E-state index contributed by atoms with van der Waals surface area (Å²) in [5.74, 6) is -1.00. The smallest absolute Gasteiger partial charge is 0.311 e. The van der Waals surface area contributed by atoms with Crippen LogP contribution in [0.5, 0.6) is 0 Å². The quantitative estimate of drug-likeness (QED) is 0.527. The zero-order chi connectivity index (χ0) is 20.6. The Hall–Kier alpha value is -3.27. The lowest BCUT2D eigenvalue weighted by molar-refractivity contribution is -0.147. The number of aryl methyl sites for hydroxylation is 1. The van der Waals surface area contributed by atoms with Gasteiger partial charge in [-0.05, 0) is 19.1 Å². The number of esters is 2. The highest BCUT2D eigenvalue weighted by molar-refractivity contribution is 7.13. The summed E-state index contributed by atoms with van der Waals surface area (Å²) in [4.78, 5) is 43.6. The number of fused-ring (bicyclic) bond motifs is 1. The van der Waals surface area contributed by atoms with Crippen molar-refractivity contribution in [3.63, 3.8) is 0 Å². The number of rotatable bonds is 9. The monoisotopic (exact) mass is 417 g/mol. The maximum absolute atomic E-state index is 11.9. The number of oxazole rings is 1. The van der Waals surface area contributed by atoms with Crippen LogP contribution in [-0.4, -0.2) is 41.0 Å². The topological polar surface area (TPSA) is 121 Å². The number of carbonyl (C=O) groups is 3. The lowest BCUT2D eigenvalue weighted by atomic mass is 10.3. The first-order chi connectivity index (χ1) is 14.0. The highest BCUT2D eigenvalue weighted by Crippen LogP contribution is 2.17. The van der Waals surface area contributed by atoms with E-state index in [2.05, 4.69) is 15.3 Å². The highest BCUT2D eigenvalue weighted by atomic mass is 32.1. The minimum Gasteiger partial charge on any atom is -0.466 e. The fourth-order valence-electron chi connectivity index (χ4n) is 2.41. The summed E-state index contributed by atoms with van der Waals surface area (Å²) < 4.78 is 15.3. The van der Waals surface area contributed by atoms with Gasteiger partial charge in [-0.25, -0.2) is 9.97 Å². The normalized spacial score (nSPS) is 10.7. The van der Waals surface area contributed by atoms with Crippen molar-refractivity contribution in [1.82, 2.24) is 9.97 Å². The molecule has 0 saturated heterocycles. The van der Waals surface area contributed by atoms with Crippen molar-refractivity contribution >= 4 is 45.4 Å². The van der Waals surface area contributed by atoms with Gasteiger partial charge in [0.1, 0.15) is 5.52 Å². The number of nitrogens with one attached hydrogen (secondary N) is 1. The first kappa shape index (κ1) is 20.5. The number of nitrogens with zero attached hydrogens (tertiary/aromatic N) is 2. The molecule has 0 aliphatic carbocycles. The molecule has 1 N–H and O–H groups in total. The fourth-order valence-corrected chi connectivity index (χ4v) is 3.14. The number of hydrogen-bond donors (Lipinski definition) is 1. The first-order valence-corrected chi connectivity index (χ1v) is 9.81. The van der Waals surface area contributed by atoms with E-state index in [1.807, 2.05) is 18.2 Å². The average Bonchev–Trinajstić information content (AvgIpc) is 3.31. The minimum absolute atomic E-state index is 0.0328. The summed E-state index contributed by atoms with van der Waals surface area (Å²) in [6.07, 6.45) is 0.352. The van der Waals surface area contributed by atoms with E-state index >= 15 is 0 Å². The molecule has 29 heavy (non-hydrogen) atoms. The van der Waals surface area contributed by atoms with Gasteiger partial charge in [-0.1, -0.05) is 12.1 Å². The molecule has 9 nitrogen and oxygen atoms in total. The molecule has 0 radical (unpaired) electrons. The summed E-state index contributed by atoms with van der Waals surface area (Å²) in [6, 6.07) is 7.31. The maximum Gasteiger partial charge on any atom is 0.311 e. The summed E-state index contributed by atoms with van der Waals surface area (Å²) in [5.41, 5.74) is 1.88. The van der Waals surface area contributed by atoms with E-state index in [0.717, 1.165) is 5.52 Å². The Morgan fingerprint density at radius 3 is 2.76 bits per heavy atom. The third-order valence-corrected chi connectivity index (χ3v) is 4.48. The molecule has 0 aliphatic rings. The van der Waals surface area contributed by atoms with Crippen molar-refractivity contribution in [2.24, 2.45) is 0 Å². The number of aromatic nitrogens is 2. The molecule has 2 aromatic heterocycles. The van der Waals surface area contributed by atoms with Crippen LogP contribution >= 0.6 is 11.3 Å². The Labute approximate surface area is 170 Å². The van der Waals surface area contributed by atoms with Crippen molar-refractivity contribution in [3.8, 4) is 0 Å². The SMILES string of the molecule is CCOC(=O)Cc1csc(NC(=O)COC(=O)CCc2nc3ccccc3o2)n1. The number of anilines is 1. The molecule has 10 heteroatoms. The number of thiazole rings is 1. The summed E-state index contributed by atoms with van der Waals surface area (Å²) >= 11 is 1.17. The molecular formula is C19H19N3O6S. The lowest BCUT2D eigenvalue weighted by Crippen LogP contribution is -2.21. The zero-order valence-electron chi connectivity index (χ0n) is 15.7. The van der Waals surface area contributed by atoms with Crippen molar-refractivity contribution in [2.75, 3.05) is 18.5 Å². The maximum atomic E-state index is 11.9. The van der Waals surface area contributed by atoms with Crippen molar-refractivity contribution in [2.45, 2.75) is 26.2 Å². The Bertz CT molecular complexity index is 979. The van der Waals surface area contributed by atoms with Crippen molar-refractivity contribution < 1.29 is 28.3 Å². The standard InChI is InChI=1S/C19H19N3O6S/c1-2-26-18(25)9-12-11-29-19(20-12)22-15(23)10-27-17(24)8-7-16-21-13-5-3-4-6-14(13)28-16/h3-6,11H,2,7-10H2,1H3,(H,20,22,23). The van der Waals surface area contributed by atoms with Gasteiger partial charge in [0, 0.05) is 11.8 Å². The van der Waals surface area contributed by atoms with Crippen LogP contribution in [-0.2, 0) is 36.7 Å². The molecule has 3 rings (SSSR count). The predicted octanol–water partition coefficient (Wildman–Crippen LogP) is 2.50. The average molecular weight is 417 g/mol. The molecular weight excluding hydrogens is 398 g/mol. The molecule has 1 amide bonds. The molecule has 0 bridgehead atoms. The van der Waals surface area contributed by atoms with Crippen LogP contribution in [0.4, 0.5) is 5.13 Å². The molecule has 2 heterocycles. The van der Waals surface area contributed by atoms with E-state index < -0.39 is 18.5 Å². The Balaban J connectivity index is 1.39. The molecule has 0 atom stereocenters. The number of benzene rings is 1. The molecule has 0 unspecified atom stereocenters. The highest BCUT2D eigenvalue weighted by Gasteiger charge is 2.13. The van der Waals surface area contributed by atoms with Gasteiger partial charge in [-0.3, -0.25) is 19.7 Å². The van der Waals surface area contributed by atoms with Gasteiger partial charge in [0.05, 0.1) is 25.1 Å². The molecule has 3 aromatic rings. The second kappa shape index (κ2) is 9.78. The van der Waals surface area contributed by atoms with Crippen LogP contribution in [0.15, 0.2) is 34.1 Å². The largest absolute Gasteiger partial charge is 0.466 e. The molecule has 1 aromatic carbocycles. The van der Waals surface area contributed by atoms with E-state index in [9.17, 15) is 14.4 Å². The summed E-state index contributed by atoms with van der Waals surface area (Å²) in [7, 11) is 0. The van der Waals surface area contributed by atoms with Crippen LogP contribution in [0, 0.1) is 0 Å². The molecule has 0 spiro atoms. The number of amides is 1. The van der Waals surface area contributed by atoms with Gasteiger partial charge in [0.15, 0.2) is 23.2 Å². The van der Waals surface area contributed by atoms with Gasteiger partial charge in [0.2, 0.25) is 0 Å². The lowest BCUT2D eigenvalue weighted by Gasteiger charge is -2.04. The van der Waals surface area contributed by atoms with Gasteiger partial charge in [-0.2, -0.15) is 0 Å². The van der Waals surface area contributed by atoms with Gasteiger partial charge >= 0.3 is 11.9 Å². The van der Waals surface area contributed by atoms with Crippen LogP contribution in [0.25, 0.3) is 11.1 Å². The second-order valence-corrected chi connectivity index (χ2v) is 6.77. The van der Waals surface area contributed by atoms with Crippen molar-refractivity contribution in [1.29, 1.82) is 0 Å². The number of para-hydroxylation sites is 2. The van der Waals surface area contributed by atoms with Crippen LogP contribution in [0.3, 0.4) is 0 Å². The van der Waals surface area contributed by atoms with E-state index in [1.54, 1.807) is 18.4 Å². The van der Waals surface area contributed by atoms with E-state index in [4.69, 9.17) is 13.9 Å². The van der Waals surface area contributed by atoms with Crippen LogP contribution < -0.4 is 5.32 Å². The predicted molar refractivity (Wildman–Crippen MR) is 104 cm³/mol. The number of ether oxygens (including phenoxy) is 2. The van der Waals surface area contributed by atoms with Crippen molar-refractivity contribution in [3.05, 3.63) is 41.2 Å². The van der Waals surface area contributed by atoms with Crippen LogP contribution in [0.2, 0.25) is 0 Å². The zero-order valence-corrected chi connectivity index (χ0v) is 16.5. The van der Waals surface area contributed by atoms with E-state index in [1.165, 1.54) is 11.3 Å². The fraction of sp³-hybridized carbons (Fsp3) is 0.316. The number of hydrogen-bond acceptors (Lipinski definition) is 9. The summed E-state index contributed by atoms with van der Waals surface area (Å²) in [5, 5.41) is 4.49. The molecule has 152 valence electrons. The third-order valence-electron chi connectivity index (χ3n) is 3.67. The molecule has 0 saturated carbocycles. The van der Waals surface area contributed by atoms with Gasteiger partial charge < -0.3 is 13.9 Å². The Morgan fingerprint density at radius 1 is 1.14 bits per heavy atom. The molecule has 0 fully saturated rings. The molecule has 0 aliphatic heterocycles. The Morgan fingerprint density at radius 2 is 1.97 bits per heavy atom. The number of carbonyl (C=O) groups excluding carboxylic acids is 3. The Kier molecular flexibility index (Phi) is 6.90. The van der Waals surface area contributed by atoms with E-state index in [-0.39, 0.29) is 25.2 Å².